The monoisotopic (exact) mass is 239 g/mol. The third kappa shape index (κ3) is 4.31. The van der Waals surface area contributed by atoms with Crippen LogP contribution < -0.4 is 5.73 Å². The normalized spacial score (nSPS) is 17.9. The van der Waals surface area contributed by atoms with E-state index in [9.17, 15) is 19.8 Å². The van der Waals surface area contributed by atoms with E-state index in [2.05, 4.69) is 0 Å². The number of Topliss-reactive ketones (excluding diaryl/α,β-unsaturated/α-hetero) is 2. The SMILES string of the molecule is CC(=O)C(=O)[C@@H](N)[C@@H](O)[C@H](O)[C@H](O)CO.O. The lowest BCUT2D eigenvalue weighted by Gasteiger charge is -2.24. The van der Waals surface area contributed by atoms with E-state index in [1.165, 1.54) is 0 Å². The Kier molecular flexibility index (Phi) is 8.08. The lowest BCUT2D eigenvalue weighted by Crippen LogP contribution is -2.54. The highest BCUT2D eigenvalue weighted by molar-refractivity contribution is 6.38. The molecule has 0 aromatic heterocycles. The quantitative estimate of drug-likeness (QED) is 0.291. The van der Waals surface area contributed by atoms with E-state index in [0.717, 1.165) is 6.92 Å². The zero-order valence-electron chi connectivity index (χ0n) is 8.70. The first-order valence-electron chi connectivity index (χ1n) is 4.28. The molecule has 0 heterocycles. The Balaban J connectivity index is 0. The molecule has 0 spiro atoms. The lowest BCUT2D eigenvalue weighted by molar-refractivity contribution is -0.141. The smallest absolute Gasteiger partial charge is 0.217 e. The first-order chi connectivity index (χ1) is 6.82. The number of ketones is 2. The van der Waals surface area contributed by atoms with Crippen LogP contribution in [0.5, 0.6) is 0 Å². The van der Waals surface area contributed by atoms with Gasteiger partial charge < -0.3 is 31.6 Å². The predicted molar refractivity (Wildman–Crippen MR) is 52.4 cm³/mol. The fourth-order valence-electron chi connectivity index (χ4n) is 0.938. The van der Waals surface area contributed by atoms with E-state index < -0.39 is 42.5 Å². The molecular formula is C8H17NO7. The van der Waals surface area contributed by atoms with Crippen molar-refractivity contribution in [2.24, 2.45) is 5.73 Å². The maximum atomic E-state index is 11.0. The molecule has 0 amide bonds. The summed E-state index contributed by atoms with van der Waals surface area (Å²) in [6.45, 7) is 0.184. The third-order valence-electron chi connectivity index (χ3n) is 1.95. The molecule has 0 aliphatic rings. The van der Waals surface area contributed by atoms with Gasteiger partial charge in [0.25, 0.3) is 0 Å². The maximum Gasteiger partial charge on any atom is 0.217 e. The summed E-state index contributed by atoms with van der Waals surface area (Å²) in [5.41, 5.74) is 5.18. The van der Waals surface area contributed by atoms with Gasteiger partial charge in [-0.25, -0.2) is 0 Å². The summed E-state index contributed by atoms with van der Waals surface area (Å²) in [7, 11) is 0. The predicted octanol–water partition coefficient (Wildman–Crippen LogP) is -4.28. The molecule has 8 heteroatoms. The van der Waals surface area contributed by atoms with Crippen LogP contribution in [-0.2, 0) is 9.59 Å². The summed E-state index contributed by atoms with van der Waals surface area (Å²) in [6.07, 6.45) is -5.21. The van der Waals surface area contributed by atoms with Crippen LogP contribution >= 0.6 is 0 Å². The Morgan fingerprint density at radius 1 is 1.19 bits per heavy atom. The van der Waals surface area contributed by atoms with E-state index in [-0.39, 0.29) is 5.48 Å². The number of hydrogen-bond donors (Lipinski definition) is 5. The number of nitrogens with two attached hydrogens (primary N) is 1. The number of aliphatic hydroxyl groups is 4. The van der Waals surface area contributed by atoms with Crippen molar-refractivity contribution in [1.29, 1.82) is 0 Å². The average molecular weight is 239 g/mol. The van der Waals surface area contributed by atoms with Gasteiger partial charge >= 0.3 is 0 Å². The number of hydrogen-bond acceptors (Lipinski definition) is 7. The second-order valence-electron chi connectivity index (χ2n) is 3.18. The van der Waals surface area contributed by atoms with E-state index in [4.69, 9.17) is 15.9 Å². The molecule has 0 bridgehead atoms. The Morgan fingerprint density at radius 2 is 1.62 bits per heavy atom. The molecule has 0 saturated carbocycles. The molecular weight excluding hydrogens is 222 g/mol. The minimum absolute atomic E-state index is 0. The molecule has 16 heavy (non-hydrogen) atoms. The number of carbonyl (C=O) groups excluding carboxylic acids is 2. The average Bonchev–Trinajstić information content (AvgIpc) is 2.23. The molecule has 0 aliphatic heterocycles. The van der Waals surface area contributed by atoms with Crippen LogP contribution in [-0.4, -0.2) is 68.4 Å². The molecule has 0 aliphatic carbocycles. The molecule has 4 atom stereocenters. The van der Waals surface area contributed by atoms with E-state index in [0.29, 0.717) is 0 Å². The Labute approximate surface area is 91.6 Å². The molecule has 8 nitrogen and oxygen atoms in total. The van der Waals surface area contributed by atoms with Crippen LogP contribution in [0.3, 0.4) is 0 Å². The second kappa shape index (κ2) is 7.39. The highest BCUT2D eigenvalue weighted by Crippen LogP contribution is 2.04. The number of carbonyl (C=O) groups is 2. The first kappa shape index (κ1) is 17.5. The Morgan fingerprint density at radius 3 is 1.94 bits per heavy atom. The van der Waals surface area contributed by atoms with Gasteiger partial charge in [0.05, 0.1) is 6.61 Å². The molecule has 0 fully saturated rings. The van der Waals surface area contributed by atoms with Crippen LogP contribution in [0.1, 0.15) is 6.92 Å². The van der Waals surface area contributed by atoms with Crippen LogP contribution in [0.25, 0.3) is 0 Å². The van der Waals surface area contributed by atoms with Crippen molar-refractivity contribution >= 4 is 11.6 Å². The zero-order chi connectivity index (χ0) is 12.2. The zero-order valence-corrected chi connectivity index (χ0v) is 8.70. The molecule has 0 saturated heterocycles. The Bertz CT molecular complexity index is 245. The molecule has 0 aromatic rings. The van der Waals surface area contributed by atoms with Crippen LogP contribution in [0, 0.1) is 0 Å². The minimum Gasteiger partial charge on any atom is -0.412 e. The second-order valence-corrected chi connectivity index (χ2v) is 3.18. The fourth-order valence-corrected chi connectivity index (χ4v) is 0.938. The van der Waals surface area contributed by atoms with Gasteiger partial charge in [-0.3, -0.25) is 9.59 Å². The molecule has 0 rings (SSSR count). The van der Waals surface area contributed by atoms with E-state index in [1.807, 2.05) is 0 Å². The van der Waals surface area contributed by atoms with Crippen molar-refractivity contribution in [1.82, 2.24) is 0 Å². The van der Waals surface area contributed by atoms with Gasteiger partial charge in [0.2, 0.25) is 5.78 Å². The number of rotatable bonds is 6. The van der Waals surface area contributed by atoms with Crippen molar-refractivity contribution in [3.05, 3.63) is 0 Å². The van der Waals surface area contributed by atoms with Crippen molar-refractivity contribution in [2.75, 3.05) is 6.61 Å². The Hall–Kier alpha value is -0.900. The summed E-state index contributed by atoms with van der Waals surface area (Å²) in [4.78, 5) is 21.6. The highest BCUT2D eigenvalue weighted by Gasteiger charge is 2.34. The lowest BCUT2D eigenvalue weighted by atomic mass is 9.97. The van der Waals surface area contributed by atoms with Gasteiger partial charge in [0.1, 0.15) is 24.4 Å². The molecule has 0 unspecified atom stereocenters. The molecule has 0 aromatic carbocycles. The molecule has 96 valence electrons. The van der Waals surface area contributed by atoms with Crippen LogP contribution in [0.15, 0.2) is 0 Å². The van der Waals surface area contributed by atoms with Crippen LogP contribution in [0.4, 0.5) is 0 Å². The standard InChI is InChI=1S/C8H15NO6.H2O/c1-3(11)6(13)5(9)8(15)7(14)4(12)2-10;/h4-5,7-8,10,12,14-15H,2,9H2,1H3;1H2/t4-,5-,7-,8-;/m1./s1. The summed E-state index contributed by atoms with van der Waals surface area (Å²) in [5.74, 6) is -1.90. The summed E-state index contributed by atoms with van der Waals surface area (Å²) in [5, 5.41) is 35.9. The number of aliphatic hydroxyl groups excluding tert-OH is 4. The minimum atomic E-state index is -1.80. The largest absolute Gasteiger partial charge is 0.412 e. The van der Waals surface area contributed by atoms with Crippen LogP contribution in [0.2, 0.25) is 0 Å². The van der Waals surface area contributed by atoms with Gasteiger partial charge in [-0.2, -0.15) is 0 Å². The van der Waals surface area contributed by atoms with Gasteiger partial charge in [0.15, 0.2) is 5.78 Å². The summed E-state index contributed by atoms with van der Waals surface area (Å²) in [6, 6.07) is -1.61. The van der Waals surface area contributed by atoms with Crippen molar-refractivity contribution in [3.8, 4) is 0 Å². The molecule has 8 N–H and O–H groups in total. The topological polar surface area (TPSA) is 173 Å². The molecule has 0 radical (unpaired) electrons. The highest BCUT2D eigenvalue weighted by atomic mass is 16.4. The third-order valence-corrected chi connectivity index (χ3v) is 1.95. The van der Waals surface area contributed by atoms with Gasteiger partial charge in [-0.1, -0.05) is 0 Å². The van der Waals surface area contributed by atoms with E-state index in [1.54, 1.807) is 0 Å². The van der Waals surface area contributed by atoms with Crippen molar-refractivity contribution < 1.29 is 35.5 Å². The first-order valence-corrected chi connectivity index (χ1v) is 4.28. The van der Waals surface area contributed by atoms with Gasteiger partial charge in [0, 0.05) is 6.92 Å². The van der Waals surface area contributed by atoms with Gasteiger partial charge in [-0.05, 0) is 0 Å². The van der Waals surface area contributed by atoms with Crippen molar-refractivity contribution in [2.45, 2.75) is 31.3 Å². The summed E-state index contributed by atoms with van der Waals surface area (Å²) < 4.78 is 0. The fraction of sp³-hybridized carbons (Fsp3) is 0.750. The summed E-state index contributed by atoms with van der Waals surface area (Å²) >= 11 is 0. The maximum absolute atomic E-state index is 11.0. The van der Waals surface area contributed by atoms with Gasteiger partial charge in [-0.15, -0.1) is 0 Å². The van der Waals surface area contributed by atoms with E-state index >= 15 is 0 Å². The van der Waals surface area contributed by atoms with Crippen molar-refractivity contribution in [3.63, 3.8) is 0 Å².